The summed E-state index contributed by atoms with van der Waals surface area (Å²) in [5, 5.41) is 0. The Morgan fingerprint density at radius 1 is 1.12 bits per heavy atom. The summed E-state index contributed by atoms with van der Waals surface area (Å²) in [7, 11) is 1.73. The molecule has 128 valence electrons. The number of ether oxygens (including phenoxy) is 1. The summed E-state index contributed by atoms with van der Waals surface area (Å²) in [4.78, 5) is 9.00. The fourth-order valence-corrected chi connectivity index (χ4v) is 3.28. The maximum Gasteiger partial charge on any atom is 0.142 e. The Balaban J connectivity index is 1.50. The molecule has 1 saturated heterocycles. The first-order valence-electron chi connectivity index (χ1n) is 8.51. The second kappa shape index (κ2) is 8.13. The minimum atomic E-state index is 0.145. The van der Waals surface area contributed by atoms with E-state index in [1.807, 2.05) is 24.4 Å². The zero-order valence-electron chi connectivity index (χ0n) is 14.3. The lowest BCUT2D eigenvalue weighted by Crippen LogP contribution is -2.50. The average Bonchev–Trinajstić information content (AvgIpc) is 2.63. The van der Waals surface area contributed by atoms with Crippen molar-refractivity contribution in [2.75, 3.05) is 44.7 Å². The molecule has 0 bridgehead atoms. The van der Waals surface area contributed by atoms with Crippen molar-refractivity contribution < 1.29 is 4.74 Å². The van der Waals surface area contributed by atoms with Gasteiger partial charge in [-0.2, -0.15) is 0 Å². The van der Waals surface area contributed by atoms with Crippen LogP contribution in [-0.4, -0.2) is 55.8 Å². The molecule has 2 N–H and O–H groups in total. The Hall–Kier alpha value is -2.11. The van der Waals surface area contributed by atoms with Gasteiger partial charge in [-0.25, -0.2) is 0 Å². The van der Waals surface area contributed by atoms with Gasteiger partial charge >= 0.3 is 0 Å². The summed E-state index contributed by atoms with van der Waals surface area (Å²) in [5.74, 6) is 0.944. The highest BCUT2D eigenvalue weighted by atomic mass is 16.5. The number of nitrogens with zero attached hydrogens (tertiary/aromatic N) is 3. The molecular formula is C19H26N4O. The van der Waals surface area contributed by atoms with Gasteiger partial charge in [-0.15, -0.1) is 0 Å². The Morgan fingerprint density at radius 3 is 2.62 bits per heavy atom. The number of para-hydroxylation sites is 2. The van der Waals surface area contributed by atoms with Crippen LogP contribution in [0.2, 0.25) is 0 Å². The summed E-state index contributed by atoms with van der Waals surface area (Å²) in [6.07, 6.45) is 4.58. The van der Waals surface area contributed by atoms with Gasteiger partial charge in [0.2, 0.25) is 0 Å². The number of rotatable bonds is 6. The molecule has 0 saturated carbocycles. The minimum absolute atomic E-state index is 0.145. The van der Waals surface area contributed by atoms with E-state index in [1.54, 1.807) is 13.3 Å². The van der Waals surface area contributed by atoms with Crippen molar-refractivity contribution in [2.45, 2.75) is 12.5 Å². The van der Waals surface area contributed by atoms with Gasteiger partial charge in [-0.3, -0.25) is 9.88 Å². The van der Waals surface area contributed by atoms with Gasteiger partial charge in [-0.05, 0) is 30.2 Å². The van der Waals surface area contributed by atoms with E-state index >= 15 is 0 Å². The standard InChI is InChI=1S/C19H26N4O/c1-24-19-7-3-2-6-18(19)23-11-9-22(10-12-23)15-17(20)13-16-5-4-8-21-14-16/h2-8,14,17H,9-13,15,20H2,1H3. The first-order valence-corrected chi connectivity index (χ1v) is 8.51. The van der Waals surface area contributed by atoms with Crippen molar-refractivity contribution in [1.82, 2.24) is 9.88 Å². The Bertz CT molecular complexity index is 626. The summed E-state index contributed by atoms with van der Waals surface area (Å²) in [6, 6.07) is 12.4. The molecule has 24 heavy (non-hydrogen) atoms. The molecule has 1 unspecified atom stereocenters. The lowest BCUT2D eigenvalue weighted by Gasteiger charge is -2.37. The summed E-state index contributed by atoms with van der Waals surface area (Å²) >= 11 is 0. The Kier molecular flexibility index (Phi) is 5.67. The highest BCUT2D eigenvalue weighted by Crippen LogP contribution is 2.28. The molecule has 2 aromatic rings. The lowest BCUT2D eigenvalue weighted by atomic mass is 10.1. The molecule has 1 aliphatic rings. The van der Waals surface area contributed by atoms with E-state index in [9.17, 15) is 0 Å². The van der Waals surface area contributed by atoms with Crippen LogP contribution in [-0.2, 0) is 6.42 Å². The number of methoxy groups -OCH3 is 1. The van der Waals surface area contributed by atoms with Crippen LogP contribution in [0.15, 0.2) is 48.8 Å². The highest BCUT2D eigenvalue weighted by molar-refractivity contribution is 5.58. The number of anilines is 1. The number of nitrogens with two attached hydrogens (primary N) is 1. The number of pyridine rings is 1. The van der Waals surface area contributed by atoms with Crippen LogP contribution in [0.1, 0.15) is 5.56 Å². The van der Waals surface area contributed by atoms with Crippen molar-refractivity contribution in [3.63, 3.8) is 0 Å². The topological polar surface area (TPSA) is 54.6 Å². The molecule has 1 aromatic carbocycles. The second-order valence-electron chi connectivity index (χ2n) is 6.28. The van der Waals surface area contributed by atoms with Crippen LogP contribution < -0.4 is 15.4 Å². The van der Waals surface area contributed by atoms with Gasteiger partial charge in [-0.1, -0.05) is 18.2 Å². The summed E-state index contributed by atoms with van der Waals surface area (Å²) in [6.45, 7) is 4.98. The van der Waals surface area contributed by atoms with Gasteiger partial charge in [0.1, 0.15) is 5.75 Å². The molecule has 0 radical (unpaired) electrons. The third-order valence-corrected chi connectivity index (χ3v) is 4.51. The first kappa shape index (κ1) is 16.7. The molecule has 1 aliphatic heterocycles. The van der Waals surface area contributed by atoms with Crippen molar-refractivity contribution >= 4 is 5.69 Å². The molecule has 3 rings (SSSR count). The predicted octanol–water partition coefficient (Wildman–Crippen LogP) is 1.78. The van der Waals surface area contributed by atoms with E-state index in [1.165, 1.54) is 11.3 Å². The maximum atomic E-state index is 6.32. The van der Waals surface area contributed by atoms with Crippen molar-refractivity contribution in [3.8, 4) is 5.75 Å². The summed E-state index contributed by atoms with van der Waals surface area (Å²) in [5.41, 5.74) is 8.71. The lowest BCUT2D eigenvalue weighted by molar-refractivity contribution is 0.241. The van der Waals surface area contributed by atoms with Gasteiger partial charge in [0, 0.05) is 51.2 Å². The van der Waals surface area contributed by atoms with E-state index < -0.39 is 0 Å². The third kappa shape index (κ3) is 4.24. The van der Waals surface area contributed by atoms with Crippen LogP contribution in [0.25, 0.3) is 0 Å². The molecule has 5 nitrogen and oxygen atoms in total. The molecule has 1 fully saturated rings. The Labute approximate surface area is 144 Å². The zero-order chi connectivity index (χ0) is 16.8. The van der Waals surface area contributed by atoms with Crippen LogP contribution in [0.3, 0.4) is 0 Å². The first-order chi connectivity index (χ1) is 11.8. The van der Waals surface area contributed by atoms with Gasteiger partial charge < -0.3 is 15.4 Å². The summed E-state index contributed by atoms with van der Waals surface area (Å²) < 4.78 is 5.48. The molecule has 2 heterocycles. The fourth-order valence-electron chi connectivity index (χ4n) is 3.28. The number of aromatic nitrogens is 1. The predicted molar refractivity (Wildman–Crippen MR) is 97.6 cm³/mol. The minimum Gasteiger partial charge on any atom is -0.495 e. The van der Waals surface area contributed by atoms with Crippen molar-refractivity contribution in [1.29, 1.82) is 0 Å². The quantitative estimate of drug-likeness (QED) is 0.877. The third-order valence-electron chi connectivity index (χ3n) is 4.51. The van der Waals surface area contributed by atoms with E-state index in [4.69, 9.17) is 10.5 Å². The molecule has 0 amide bonds. The fraction of sp³-hybridized carbons (Fsp3) is 0.421. The highest BCUT2D eigenvalue weighted by Gasteiger charge is 2.20. The normalized spacial score (nSPS) is 16.8. The molecule has 1 atom stereocenters. The van der Waals surface area contributed by atoms with E-state index in [-0.39, 0.29) is 6.04 Å². The maximum absolute atomic E-state index is 6.32. The van der Waals surface area contributed by atoms with E-state index in [0.717, 1.165) is 44.9 Å². The van der Waals surface area contributed by atoms with Gasteiger partial charge in [0.05, 0.1) is 12.8 Å². The zero-order valence-corrected chi connectivity index (χ0v) is 14.3. The number of hydrogen-bond acceptors (Lipinski definition) is 5. The van der Waals surface area contributed by atoms with Crippen LogP contribution in [0, 0.1) is 0 Å². The number of hydrogen-bond donors (Lipinski definition) is 1. The monoisotopic (exact) mass is 326 g/mol. The Morgan fingerprint density at radius 2 is 1.92 bits per heavy atom. The molecule has 5 heteroatoms. The molecular weight excluding hydrogens is 300 g/mol. The van der Waals surface area contributed by atoms with Crippen molar-refractivity contribution in [2.24, 2.45) is 5.73 Å². The van der Waals surface area contributed by atoms with Crippen LogP contribution in [0.5, 0.6) is 5.75 Å². The number of benzene rings is 1. The number of piperazine rings is 1. The smallest absolute Gasteiger partial charge is 0.142 e. The van der Waals surface area contributed by atoms with Gasteiger partial charge in [0.15, 0.2) is 0 Å². The van der Waals surface area contributed by atoms with Crippen LogP contribution >= 0.6 is 0 Å². The molecule has 0 aliphatic carbocycles. The van der Waals surface area contributed by atoms with Crippen molar-refractivity contribution in [3.05, 3.63) is 54.4 Å². The van der Waals surface area contributed by atoms with E-state index in [0.29, 0.717) is 0 Å². The largest absolute Gasteiger partial charge is 0.495 e. The van der Waals surface area contributed by atoms with E-state index in [2.05, 4.69) is 33.0 Å². The SMILES string of the molecule is COc1ccccc1N1CCN(CC(N)Cc2cccnc2)CC1. The molecule has 1 aromatic heterocycles. The van der Waals surface area contributed by atoms with Crippen LogP contribution in [0.4, 0.5) is 5.69 Å². The molecule has 0 spiro atoms. The van der Waals surface area contributed by atoms with Gasteiger partial charge in [0.25, 0.3) is 0 Å². The average molecular weight is 326 g/mol. The second-order valence-corrected chi connectivity index (χ2v) is 6.28.